The van der Waals surface area contributed by atoms with E-state index in [9.17, 15) is 9.90 Å². The minimum Gasteiger partial charge on any atom is -0.396 e. The second-order valence-electron chi connectivity index (χ2n) is 9.69. The number of aliphatic hydroxyl groups is 1. The van der Waals surface area contributed by atoms with Crippen molar-refractivity contribution >= 4 is 5.78 Å². The van der Waals surface area contributed by atoms with E-state index in [2.05, 4.69) is 13.8 Å². The van der Waals surface area contributed by atoms with Crippen LogP contribution in [0, 0.1) is 40.4 Å². The Morgan fingerprint density at radius 3 is 2.57 bits per heavy atom. The van der Waals surface area contributed by atoms with Crippen LogP contribution in [0.1, 0.15) is 78.1 Å². The van der Waals surface area contributed by atoms with Crippen LogP contribution < -0.4 is 0 Å². The van der Waals surface area contributed by atoms with Crippen LogP contribution >= 0.6 is 0 Å². The lowest BCUT2D eigenvalue weighted by atomic mass is 9.44. The topological polar surface area (TPSA) is 37.3 Å². The van der Waals surface area contributed by atoms with Gasteiger partial charge in [-0.1, -0.05) is 26.7 Å². The maximum absolute atomic E-state index is 13.1. The van der Waals surface area contributed by atoms with Crippen molar-refractivity contribution in [1.82, 2.24) is 0 Å². The number of hydrogen-bond acceptors (Lipinski definition) is 2. The molecule has 0 aromatic rings. The Kier molecular flexibility index (Phi) is 3.91. The average Bonchev–Trinajstić information content (AvgIpc) is 2.85. The number of rotatable bonds is 2. The second-order valence-corrected chi connectivity index (χ2v) is 9.69. The quantitative estimate of drug-likeness (QED) is 0.808. The van der Waals surface area contributed by atoms with Gasteiger partial charge in [0.1, 0.15) is 5.78 Å². The zero-order chi connectivity index (χ0) is 16.2. The first-order valence-electron chi connectivity index (χ1n) is 10.1. The largest absolute Gasteiger partial charge is 0.396 e. The zero-order valence-corrected chi connectivity index (χ0v) is 15.0. The number of Topliss-reactive ketones (excluding diaryl/α,β-unsaturated/α-hetero) is 1. The summed E-state index contributed by atoms with van der Waals surface area (Å²) in [6, 6.07) is 0. The molecule has 2 nitrogen and oxygen atoms in total. The van der Waals surface area contributed by atoms with Crippen molar-refractivity contribution in [2.75, 3.05) is 6.61 Å². The van der Waals surface area contributed by atoms with Gasteiger partial charge >= 0.3 is 0 Å². The molecule has 23 heavy (non-hydrogen) atoms. The van der Waals surface area contributed by atoms with Gasteiger partial charge in [-0.25, -0.2) is 0 Å². The Morgan fingerprint density at radius 1 is 1.00 bits per heavy atom. The Bertz CT molecular complexity index is 486. The molecule has 130 valence electrons. The van der Waals surface area contributed by atoms with Crippen LogP contribution in [0.15, 0.2) is 0 Å². The van der Waals surface area contributed by atoms with Crippen LogP contribution in [0.25, 0.3) is 0 Å². The van der Waals surface area contributed by atoms with Crippen molar-refractivity contribution in [2.45, 2.75) is 78.1 Å². The number of hydrogen-bond donors (Lipinski definition) is 1. The summed E-state index contributed by atoms with van der Waals surface area (Å²) in [7, 11) is 0. The fourth-order valence-corrected chi connectivity index (χ4v) is 7.70. The van der Waals surface area contributed by atoms with Crippen molar-refractivity contribution in [3.8, 4) is 0 Å². The smallest absolute Gasteiger partial charge is 0.136 e. The Hall–Kier alpha value is -0.370. The maximum Gasteiger partial charge on any atom is 0.136 e. The first-order valence-corrected chi connectivity index (χ1v) is 10.1. The van der Waals surface area contributed by atoms with E-state index in [1.165, 1.54) is 51.4 Å². The summed E-state index contributed by atoms with van der Waals surface area (Å²) in [5, 5.41) is 9.44. The molecule has 0 aromatic heterocycles. The van der Waals surface area contributed by atoms with Crippen LogP contribution in [-0.4, -0.2) is 17.5 Å². The van der Waals surface area contributed by atoms with Crippen LogP contribution in [0.3, 0.4) is 0 Å². The molecule has 0 heterocycles. The summed E-state index contributed by atoms with van der Waals surface area (Å²) >= 11 is 0. The molecule has 2 heteroatoms. The van der Waals surface area contributed by atoms with E-state index >= 15 is 0 Å². The van der Waals surface area contributed by atoms with E-state index in [0.717, 1.165) is 12.8 Å². The first kappa shape index (κ1) is 16.1. The van der Waals surface area contributed by atoms with Crippen LogP contribution in [0.5, 0.6) is 0 Å². The molecule has 0 saturated heterocycles. The maximum atomic E-state index is 13.1. The van der Waals surface area contributed by atoms with Gasteiger partial charge in [0, 0.05) is 18.9 Å². The molecule has 6 unspecified atom stereocenters. The van der Waals surface area contributed by atoms with Crippen molar-refractivity contribution < 1.29 is 9.90 Å². The van der Waals surface area contributed by atoms with Gasteiger partial charge in [0.05, 0.1) is 0 Å². The van der Waals surface area contributed by atoms with Gasteiger partial charge in [0.25, 0.3) is 0 Å². The molecule has 4 rings (SSSR count). The predicted molar refractivity (Wildman–Crippen MR) is 91.9 cm³/mol. The highest BCUT2D eigenvalue weighted by Gasteiger charge is 2.61. The lowest BCUT2D eigenvalue weighted by Gasteiger charge is -2.59. The Labute approximate surface area is 141 Å². The van der Waals surface area contributed by atoms with Gasteiger partial charge in [-0.3, -0.25) is 4.79 Å². The number of aliphatic hydroxyl groups excluding tert-OH is 1. The molecule has 4 aliphatic rings. The van der Waals surface area contributed by atoms with E-state index < -0.39 is 0 Å². The Morgan fingerprint density at radius 2 is 1.78 bits per heavy atom. The standard InChI is InChI=1S/C21H34O2/c1-20-10-4-3-5-15(20)13-18(23)19-16-7-6-14(9-12-22)21(16,2)11-8-17(19)20/h14-17,19,22H,3-13H2,1-2H3/t14-,15?,16?,17?,19?,20?,21?/m1/s1. The minimum absolute atomic E-state index is 0.314. The monoisotopic (exact) mass is 318 g/mol. The molecular formula is C21H34O2. The SMILES string of the molecule is CC12CCCCC1CC(=O)C1C2CCC2(C)C1CC[C@@H]2CCO. The fraction of sp³-hybridized carbons (Fsp3) is 0.952. The predicted octanol–water partition coefficient (Wildman–Crippen LogP) is 4.60. The summed E-state index contributed by atoms with van der Waals surface area (Å²) < 4.78 is 0. The van der Waals surface area contributed by atoms with Crippen LogP contribution in [0.4, 0.5) is 0 Å². The minimum atomic E-state index is 0.314. The highest BCUT2D eigenvalue weighted by Crippen LogP contribution is 2.66. The third-order valence-corrected chi connectivity index (χ3v) is 9.06. The molecule has 4 fully saturated rings. The van der Waals surface area contributed by atoms with Crippen LogP contribution in [-0.2, 0) is 4.79 Å². The molecule has 0 aliphatic heterocycles. The summed E-state index contributed by atoms with van der Waals surface area (Å²) in [5.41, 5.74) is 0.755. The van der Waals surface area contributed by atoms with E-state index in [-0.39, 0.29) is 0 Å². The molecule has 7 atom stereocenters. The molecule has 0 amide bonds. The summed E-state index contributed by atoms with van der Waals surface area (Å²) in [4.78, 5) is 13.1. The van der Waals surface area contributed by atoms with E-state index in [0.29, 0.717) is 52.8 Å². The number of carbonyl (C=O) groups excluding carboxylic acids is 1. The molecular weight excluding hydrogens is 284 g/mol. The van der Waals surface area contributed by atoms with E-state index in [1.54, 1.807) is 0 Å². The van der Waals surface area contributed by atoms with Crippen LogP contribution in [0.2, 0.25) is 0 Å². The molecule has 4 saturated carbocycles. The van der Waals surface area contributed by atoms with Crippen molar-refractivity contribution in [2.24, 2.45) is 40.4 Å². The molecule has 1 N–H and O–H groups in total. The summed E-state index contributed by atoms with van der Waals surface area (Å²) in [5.74, 6) is 3.52. The van der Waals surface area contributed by atoms with Crippen molar-refractivity contribution in [1.29, 1.82) is 0 Å². The van der Waals surface area contributed by atoms with Gasteiger partial charge in [-0.2, -0.15) is 0 Å². The zero-order valence-electron chi connectivity index (χ0n) is 15.0. The lowest BCUT2D eigenvalue weighted by Crippen LogP contribution is -2.56. The molecule has 0 radical (unpaired) electrons. The van der Waals surface area contributed by atoms with E-state index in [4.69, 9.17) is 0 Å². The fourth-order valence-electron chi connectivity index (χ4n) is 7.70. The highest BCUT2D eigenvalue weighted by atomic mass is 16.3. The normalized spacial score (nSPS) is 52.7. The molecule has 0 spiro atoms. The summed E-state index contributed by atoms with van der Waals surface area (Å²) in [6.45, 7) is 5.29. The third-order valence-electron chi connectivity index (χ3n) is 9.06. The van der Waals surface area contributed by atoms with Gasteiger partial charge in [-0.05, 0) is 79.4 Å². The number of ketones is 1. The molecule has 4 aliphatic carbocycles. The summed E-state index contributed by atoms with van der Waals surface area (Å²) in [6.07, 6.45) is 12.2. The third kappa shape index (κ3) is 2.19. The van der Waals surface area contributed by atoms with Gasteiger partial charge in [0.2, 0.25) is 0 Å². The average molecular weight is 319 g/mol. The number of fused-ring (bicyclic) bond motifs is 5. The van der Waals surface area contributed by atoms with Gasteiger partial charge in [-0.15, -0.1) is 0 Å². The van der Waals surface area contributed by atoms with Gasteiger partial charge in [0.15, 0.2) is 0 Å². The van der Waals surface area contributed by atoms with Crippen molar-refractivity contribution in [3.05, 3.63) is 0 Å². The second kappa shape index (κ2) is 5.58. The first-order chi connectivity index (χ1) is 11.0. The lowest BCUT2D eigenvalue weighted by molar-refractivity contribution is -0.155. The number of carbonyl (C=O) groups is 1. The van der Waals surface area contributed by atoms with E-state index in [1.807, 2.05) is 0 Å². The Balaban J connectivity index is 1.65. The highest BCUT2D eigenvalue weighted by molar-refractivity contribution is 5.83. The molecule has 0 aromatic carbocycles. The van der Waals surface area contributed by atoms with Crippen molar-refractivity contribution in [3.63, 3.8) is 0 Å². The van der Waals surface area contributed by atoms with Gasteiger partial charge < -0.3 is 5.11 Å². The molecule has 0 bridgehead atoms.